The maximum absolute atomic E-state index is 11.9. The summed E-state index contributed by atoms with van der Waals surface area (Å²) < 4.78 is 5.15. The molecule has 116 valence electrons. The van der Waals surface area contributed by atoms with Crippen LogP contribution in [0.1, 0.15) is 38.2 Å². The molecule has 2 unspecified atom stereocenters. The molecule has 1 aliphatic heterocycles. The van der Waals surface area contributed by atoms with E-state index >= 15 is 0 Å². The number of benzene rings is 1. The molecule has 0 aromatic heterocycles. The molecule has 0 aliphatic carbocycles. The summed E-state index contributed by atoms with van der Waals surface area (Å²) in [7, 11) is 1.67. The predicted molar refractivity (Wildman–Crippen MR) is 84.6 cm³/mol. The van der Waals surface area contributed by atoms with E-state index in [2.05, 4.69) is 29.7 Å². The third kappa shape index (κ3) is 5.38. The first-order chi connectivity index (χ1) is 10.2. The molecule has 2 rings (SSSR count). The van der Waals surface area contributed by atoms with Crippen molar-refractivity contribution in [3.05, 3.63) is 29.8 Å². The van der Waals surface area contributed by atoms with Gasteiger partial charge in [0, 0.05) is 18.5 Å². The van der Waals surface area contributed by atoms with Crippen LogP contribution in [0.5, 0.6) is 5.75 Å². The Morgan fingerprint density at radius 2 is 2.19 bits per heavy atom. The van der Waals surface area contributed by atoms with Crippen molar-refractivity contribution in [3.8, 4) is 5.75 Å². The van der Waals surface area contributed by atoms with Crippen LogP contribution in [0.3, 0.4) is 0 Å². The van der Waals surface area contributed by atoms with Crippen LogP contribution in [-0.4, -0.2) is 31.6 Å². The van der Waals surface area contributed by atoms with Gasteiger partial charge in [0.05, 0.1) is 7.11 Å². The van der Waals surface area contributed by atoms with Crippen LogP contribution >= 0.6 is 0 Å². The molecule has 0 radical (unpaired) electrons. The minimum Gasteiger partial charge on any atom is -0.497 e. The number of aryl methyl sites for hydroxylation is 1. The van der Waals surface area contributed by atoms with Gasteiger partial charge in [-0.3, -0.25) is 4.79 Å². The summed E-state index contributed by atoms with van der Waals surface area (Å²) in [5.41, 5.74) is 1.27. The van der Waals surface area contributed by atoms with E-state index in [9.17, 15) is 4.79 Å². The molecule has 4 heteroatoms. The van der Waals surface area contributed by atoms with Crippen molar-refractivity contribution in [1.82, 2.24) is 10.6 Å². The minimum atomic E-state index is 0.164. The summed E-state index contributed by atoms with van der Waals surface area (Å²) in [6.07, 6.45) is 4.83. The van der Waals surface area contributed by atoms with E-state index in [1.807, 2.05) is 12.1 Å². The highest BCUT2D eigenvalue weighted by Gasteiger charge is 2.18. The van der Waals surface area contributed by atoms with Crippen LogP contribution in [0, 0.1) is 0 Å². The molecule has 2 atom stereocenters. The number of nitrogens with one attached hydrogen (secondary N) is 2. The van der Waals surface area contributed by atoms with Gasteiger partial charge < -0.3 is 15.4 Å². The van der Waals surface area contributed by atoms with Gasteiger partial charge >= 0.3 is 0 Å². The number of methoxy groups -OCH3 is 1. The average molecular weight is 290 g/mol. The number of ether oxygens (including phenoxy) is 1. The van der Waals surface area contributed by atoms with Crippen LogP contribution in [0.15, 0.2) is 24.3 Å². The molecule has 0 bridgehead atoms. The van der Waals surface area contributed by atoms with Gasteiger partial charge in [0.2, 0.25) is 5.91 Å². The van der Waals surface area contributed by atoms with Gasteiger partial charge in [0.25, 0.3) is 0 Å². The predicted octanol–water partition coefficient (Wildman–Crippen LogP) is 2.27. The number of carbonyl (C=O) groups excluding carboxylic acids is 1. The fraction of sp³-hybridized carbons (Fsp3) is 0.588. The fourth-order valence-corrected chi connectivity index (χ4v) is 2.74. The summed E-state index contributed by atoms with van der Waals surface area (Å²) >= 11 is 0. The molecule has 1 aromatic carbocycles. The zero-order chi connectivity index (χ0) is 15.1. The quantitative estimate of drug-likeness (QED) is 0.810. The summed E-state index contributed by atoms with van der Waals surface area (Å²) in [5, 5.41) is 6.45. The average Bonchev–Trinajstić information content (AvgIpc) is 2.98. The monoisotopic (exact) mass is 290 g/mol. The Morgan fingerprint density at radius 3 is 2.81 bits per heavy atom. The number of amides is 1. The second-order valence-electron chi connectivity index (χ2n) is 5.85. The normalized spacial score (nSPS) is 19.2. The molecular formula is C17H26N2O2. The summed E-state index contributed by atoms with van der Waals surface area (Å²) in [6.45, 7) is 3.12. The second kappa shape index (κ2) is 8.03. The van der Waals surface area contributed by atoms with Crippen molar-refractivity contribution in [3.63, 3.8) is 0 Å². The molecule has 2 N–H and O–H groups in total. The Kier molecular flexibility index (Phi) is 6.05. The van der Waals surface area contributed by atoms with Crippen molar-refractivity contribution in [2.45, 2.75) is 51.1 Å². The molecule has 0 spiro atoms. The molecule has 4 nitrogen and oxygen atoms in total. The molecule has 1 fully saturated rings. The Hall–Kier alpha value is -1.55. The van der Waals surface area contributed by atoms with E-state index in [0.29, 0.717) is 12.5 Å². The molecule has 21 heavy (non-hydrogen) atoms. The fourth-order valence-electron chi connectivity index (χ4n) is 2.74. The van der Waals surface area contributed by atoms with E-state index in [1.54, 1.807) is 7.11 Å². The van der Waals surface area contributed by atoms with Crippen molar-refractivity contribution < 1.29 is 9.53 Å². The molecular weight excluding hydrogens is 264 g/mol. The van der Waals surface area contributed by atoms with E-state index in [0.717, 1.165) is 31.6 Å². The van der Waals surface area contributed by atoms with Crippen molar-refractivity contribution in [2.75, 3.05) is 13.7 Å². The number of hydrogen-bond acceptors (Lipinski definition) is 3. The molecule has 0 saturated carbocycles. The molecule has 1 saturated heterocycles. The lowest BCUT2D eigenvalue weighted by Crippen LogP contribution is -2.37. The van der Waals surface area contributed by atoms with Crippen LogP contribution < -0.4 is 15.4 Å². The lowest BCUT2D eigenvalue weighted by Gasteiger charge is -2.16. The van der Waals surface area contributed by atoms with E-state index in [1.165, 1.54) is 12.0 Å². The van der Waals surface area contributed by atoms with Gasteiger partial charge in [-0.1, -0.05) is 12.1 Å². The minimum absolute atomic E-state index is 0.164. The number of rotatable bonds is 7. The maximum atomic E-state index is 11.9. The summed E-state index contributed by atoms with van der Waals surface area (Å²) in [4.78, 5) is 11.9. The van der Waals surface area contributed by atoms with E-state index < -0.39 is 0 Å². The molecule has 1 heterocycles. The molecule has 1 amide bonds. The zero-order valence-electron chi connectivity index (χ0n) is 13.0. The Bertz CT molecular complexity index is 439. The highest BCUT2D eigenvalue weighted by molar-refractivity contribution is 5.76. The SMILES string of the molecule is COc1ccc(CCC(C)NC(=O)CC2CCCN2)cc1. The third-order valence-corrected chi connectivity index (χ3v) is 4.03. The van der Waals surface area contributed by atoms with Crippen LogP contribution in [0.4, 0.5) is 0 Å². The smallest absolute Gasteiger partial charge is 0.221 e. The Labute approximate surface area is 127 Å². The van der Waals surface area contributed by atoms with Gasteiger partial charge in [-0.2, -0.15) is 0 Å². The van der Waals surface area contributed by atoms with Crippen molar-refractivity contribution in [1.29, 1.82) is 0 Å². The van der Waals surface area contributed by atoms with Gasteiger partial charge in [-0.25, -0.2) is 0 Å². The van der Waals surface area contributed by atoms with E-state index in [-0.39, 0.29) is 11.9 Å². The molecule has 1 aliphatic rings. The first-order valence-electron chi connectivity index (χ1n) is 7.83. The topological polar surface area (TPSA) is 50.4 Å². The Balaban J connectivity index is 1.68. The molecule has 1 aromatic rings. The lowest BCUT2D eigenvalue weighted by atomic mass is 10.1. The van der Waals surface area contributed by atoms with Crippen molar-refractivity contribution in [2.24, 2.45) is 0 Å². The van der Waals surface area contributed by atoms with Crippen LogP contribution in [-0.2, 0) is 11.2 Å². The summed E-state index contributed by atoms with van der Waals surface area (Å²) in [6, 6.07) is 8.69. The Morgan fingerprint density at radius 1 is 1.43 bits per heavy atom. The van der Waals surface area contributed by atoms with Gasteiger partial charge in [0.15, 0.2) is 0 Å². The summed E-state index contributed by atoms with van der Waals surface area (Å²) in [5.74, 6) is 1.04. The first kappa shape index (κ1) is 15.8. The largest absolute Gasteiger partial charge is 0.497 e. The van der Waals surface area contributed by atoms with Gasteiger partial charge in [0.1, 0.15) is 5.75 Å². The van der Waals surface area contributed by atoms with Crippen molar-refractivity contribution >= 4 is 5.91 Å². The first-order valence-corrected chi connectivity index (χ1v) is 7.83. The van der Waals surface area contributed by atoms with Crippen LogP contribution in [0.25, 0.3) is 0 Å². The maximum Gasteiger partial charge on any atom is 0.221 e. The number of hydrogen-bond donors (Lipinski definition) is 2. The highest BCUT2D eigenvalue weighted by Crippen LogP contribution is 2.13. The zero-order valence-corrected chi connectivity index (χ0v) is 13.0. The number of carbonyl (C=O) groups is 1. The van der Waals surface area contributed by atoms with Gasteiger partial charge in [-0.15, -0.1) is 0 Å². The lowest BCUT2D eigenvalue weighted by molar-refractivity contribution is -0.122. The van der Waals surface area contributed by atoms with Gasteiger partial charge in [-0.05, 0) is 56.8 Å². The standard InChI is InChI=1S/C17H26N2O2/c1-13(19-17(20)12-15-4-3-11-18-15)5-6-14-7-9-16(21-2)10-8-14/h7-10,13,15,18H,3-6,11-12H2,1-2H3,(H,19,20). The third-order valence-electron chi connectivity index (χ3n) is 4.03. The highest BCUT2D eigenvalue weighted by atomic mass is 16.5. The van der Waals surface area contributed by atoms with Crippen LogP contribution in [0.2, 0.25) is 0 Å². The second-order valence-corrected chi connectivity index (χ2v) is 5.85. The van der Waals surface area contributed by atoms with E-state index in [4.69, 9.17) is 4.74 Å².